The Morgan fingerprint density at radius 2 is 1.52 bits per heavy atom. The van der Waals surface area contributed by atoms with Crippen molar-refractivity contribution in [2.75, 3.05) is 26.2 Å². The molecule has 1 saturated heterocycles. The van der Waals surface area contributed by atoms with Crippen molar-refractivity contribution in [3.63, 3.8) is 0 Å². The molecule has 1 N–H and O–H groups in total. The lowest BCUT2D eigenvalue weighted by molar-refractivity contribution is -0.130. The first-order valence-corrected chi connectivity index (χ1v) is 8.49. The SMILES string of the molecule is CC(=O)N1CCN(C(=O)NC2(c3ccccc3)CCCC2)CC1. The molecule has 0 bridgehead atoms. The molecule has 1 saturated carbocycles. The van der Waals surface area contributed by atoms with Crippen molar-refractivity contribution in [2.45, 2.75) is 38.1 Å². The molecule has 1 heterocycles. The van der Waals surface area contributed by atoms with E-state index in [0.29, 0.717) is 26.2 Å². The van der Waals surface area contributed by atoms with E-state index < -0.39 is 0 Å². The minimum atomic E-state index is -0.226. The zero-order valence-corrected chi connectivity index (χ0v) is 13.8. The molecule has 0 unspecified atom stereocenters. The first-order valence-electron chi connectivity index (χ1n) is 8.49. The first-order chi connectivity index (χ1) is 11.1. The fourth-order valence-corrected chi connectivity index (χ4v) is 3.73. The highest BCUT2D eigenvalue weighted by Crippen LogP contribution is 2.38. The smallest absolute Gasteiger partial charge is 0.318 e. The van der Waals surface area contributed by atoms with Crippen LogP contribution in [0.4, 0.5) is 4.79 Å². The summed E-state index contributed by atoms with van der Waals surface area (Å²) in [5.74, 6) is 0.0848. The van der Waals surface area contributed by atoms with E-state index in [1.165, 1.54) is 5.56 Å². The van der Waals surface area contributed by atoms with Gasteiger partial charge in [0.05, 0.1) is 5.54 Å². The Morgan fingerprint density at radius 1 is 0.957 bits per heavy atom. The molecule has 0 radical (unpaired) electrons. The van der Waals surface area contributed by atoms with Crippen molar-refractivity contribution >= 4 is 11.9 Å². The fraction of sp³-hybridized carbons (Fsp3) is 0.556. The van der Waals surface area contributed by atoms with Crippen LogP contribution in [0.1, 0.15) is 38.2 Å². The number of rotatable bonds is 2. The van der Waals surface area contributed by atoms with Crippen molar-refractivity contribution < 1.29 is 9.59 Å². The Kier molecular flexibility index (Phi) is 4.55. The maximum atomic E-state index is 12.7. The van der Waals surface area contributed by atoms with Crippen LogP contribution >= 0.6 is 0 Å². The topological polar surface area (TPSA) is 52.7 Å². The van der Waals surface area contributed by atoms with Crippen molar-refractivity contribution in [3.05, 3.63) is 35.9 Å². The molecule has 1 aromatic rings. The number of amides is 3. The van der Waals surface area contributed by atoms with Crippen molar-refractivity contribution in [2.24, 2.45) is 0 Å². The second-order valence-corrected chi connectivity index (χ2v) is 6.58. The summed E-state index contributed by atoms with van der Waals surface area (Å²) >= 11 is 0. The molecule has 0 spiro atoms. The molecule has 5 heteroatoms. The average Bonchev–Trinajstić information content (AvgIpc) is 3.05. The van der Waals surface area contributed by atoms with Gasteiger partial charge in [0.15, 0.2) is 0 Å². The summed E-state index contributed by atoms with van der Waals surface area (Å²) in [5.41, 5.74) is 0.976. The first kappa shape index (κ1) is 15.8. The lowest BCUT2D eigenvalue weighted by atomic mass is 9.88. The summed E-state index contributed by atoms with van der Waals surface area (Å²) in [6.07, 6.45) is 4.28. The summed E-state index contributed by atoms with van der Waals surface area (Å²) in [4.78, 5) is 27.8. The molecular formula is C18H25N3O2. The van der Waals surface area contributed by atoms with Crippen LogP contribution in [0, 0.1) is 0 Å². The van der Waals surface area contributed by atoms with Gasteiger partial charge in [0, 0.05) is 33.1 Å². The highest BCUT2D eigenvalue weighted by atomic mass is 16.2. The molecule has 1 aromatic carbocycles. The van der Waals surface area contributed by atoms with Crippen LogP contribution in [0.25, 0.3) is 0 Å². The second kappa shape index (κ2) is 6.60. The second-order valence-electron chi connectivity index (χ2n) is 6.58. The van der Waals surface area contributed by atoms with Crippen molar-refractivity contribution in [1.29, 1.82) is 0 Å². The number of carbonyl (C=O) groups is 2. The van der Waals surface area contributed by atoms with E-state index in [1.807, 2.05) is 23.1 Å². The van der Waals surface area contributed by atoms with E-state index in [2.05, 4.69) is 17.4 Å². The van der Waals surface area contributed by atoms with E-state index in [-0.39, 0.29) is 17.5 Å². The van der Waals surface area contributed by atoms with Gasteiger partial charge in [-0.3, -0.25) is 4.79 Å². The molecule has 3 rings (SSSR count). The minimum absolute atomic E-state index is 0.000967. The molecule has 1 aliphatic heterocycles. The van der Waals surface area contributed by atoms with E-state index in [1.54, 1.807) is 11.8 Å². The molecule has 5 nitrogen and oxygen atoms in total. The minimum Gasteiger partial charge on any atom is -0.339 e. The Bertz CT molecular complexity index is 559. The average molecular weight is 315 g/mol. The number of benzene rings is 1. The third-order valence-electron chi connectivity index (χ3n) is 5.14. The van der Waals surface area contributed by atoms with Crippen molar-refractivity contribution in [3.8, 4) is 0 Å². The number of nitrogens with zero attached hydrogens (tertiary/aromatic N) is 2. The van der Waals surface area contributed by atoms with Gasteiger partial charge in [-0.1, -0.05) is 43.2 Å². The summed E-state index contributed by atoms with van der Waals surface area (Å²) < 4.78 is 0. The monoisotopic (exact) mass is 315 g/mol. The Hall–Kier alpha value is -2.04. The van der Waals surface area contributed by atoms with Crippen LogP contribution in [-0.2, 0) is 10.3 Å². The van der Waals surface area contributed by atoms with Gasteiger partial charge in [0.25, 0.3) is 0 Å². The molecular weight excluding hydrogens is 290 g/mol. The number of hydrogen-bond donors (Lipinski definition) is 1. The third kappa shape index (κ3) is 3.33. The predicted octanol–water partition coefficient (Wildman–Crippen LogP) is 2.33. The van der Waals surface area contributed by atoms with Crippen LogP contribution < -0.4 is 5.32 Å². The lowest BCUT2D eigenvalue weighted by Crippen LogP contribution is -2.56. The molecule has 124 valence electrons. The Labute approximate surface area is 137 Å². The quantitative estimate of drug-likeness (QED) is 0.910. The highest BCUT2D eigenvalue weighted by molar-refractivity contribution is 5.77. The number of urea groups is 1. The van der Waals surface area contributed by atoms with Gasteiger partial charge in [-0.05, 0) is 18.4 Å². The predicted molar refractivity (Wildman–Crippen MR) is 88.9 cm³/mol. The summed E-state index contributed by atoms with van der Waals surface area (Å²) in [6, 6.07) is 10.3. The largest absolute Gasteiger partial charge is 0.339 e. The van der Waals surface area contributed by atoms with Gasteiger partial charge < -0.3 is 15.1 Å². The molecule has 0 atom stereocenters. The van der Waals surface area contributed by atoms with E-state index >= 15 is 0 Å². The molecule has 2 aliphatic rings. The van der Waals surface area contributed by atoms with Gasteiger partial charge >= 0.3 is 6.03 Å². The zero-order valence-electron chi connectivity index (χ0n) is 13.8. The maximum Gasteiger partial charge on any atom is 0.318 e. The maximum absolute atomic E-state index is 12.7. The van der Waals surface area contributed by atoms with Crippen LogP contribution in [-0.4, -0.2) is 47.9 Å². The van der Waals surface area contributed by atoms with E-state index in [0.717, 1.165) is 25.7 Å². The van der Waals surface area contributed by atoms with Crippen LogP contribution in [0.15, 0.2) is 30.3 Å². The third-order valence-corrected chi connectivity index (χ3v) is 5.14. The fourth-order valence-electron chi connectivity index (χ4n) is 3.73. The lowest BCUT2D eigenvalue weighted by Gasteiger charge is -2.38. The highest BCUT2D eigenvalue weighted by Gasteiger charge is 2.38. The van der Waals surface area contributed by atoms with Gasteiger partial charge in [-0.15, -0.1) is 0 Å². The van der Waals surface area contributed by atoms with Gasteiger partial charge in [-0.25, -0.2) is 4.79 Å². The number of nitrogens with one attached hydrogen (secondary N) is 1. The molecule has 3 amide bonds. The van der Waals surface area contributed by atoms with E-state index in [4.69, 9.17) is 0 Å². The van der Waals surface area contributed by atoms with Gasteiger partial charge in [0.2, 0.25) is 5.91 Å². The number of piperazine rings is 1. The van der Waals surface area contributed by atoms with Crippen LogP contribution in [0.2, 0.25) is 0 Å². The normalized spacial score (nSPS) is 20.4. The van der Waals surface area contributed by atoms with Crippen LogP contribution in [0.3, 0.4) is 0 Å². The molecule has 23 heavy (non-hydrogen) atoms. The molecule has 1 aliphatic carbocycles. The Balaban J connectivity index is 1.67. The zero-order chi connectivity index (χ0) is 16.3. The summed E-state index contributed by atoms with van der Waals surface area (Å²) in [7, 11) is 0. The van der Waals surface area contributed by atoms with Gasteiger partial charge in [-0.2, -0.15) is 0 Å². The van der Waals surface area contributed by atoms with Crippen molar-refractivity contribution in [1.82, 2.24) is 15.1 Å². The summed E-state index contributed by atoms with van der Waals surface area (Å²) in [6.45, 7) is 4.05. The Morgan fingerprint density at radius 3 is 2.09 bits per heavy atom. The van der Waals surface area contributed by atoms with E-state index in [9.17, 15) is 9.59 Å². The standard InChI is InChI=1S/C18H25N3O2/c1-15(22)20-11-13-21(14-12-20)17(23)19-18(9-5-6-10-18)16-7-3-2-4-8-16/h2-4,7-8H,5-6,9-14H2,1H3,(H,19,23). The van der Waals surface area contributed by atoms with Crippen LogP contribution in [0.5, 0.6) is 0 Å². The number of carbonyl (C=O) groups excluding carboxylic acids is 2. The molecule has 0 aromatic heterocycles. The molecule has 2 fully saturated rings. The van der Waals surface area contributed by atoms with Gasteiger partial charge in [0.1, 0.15) is 0 Å². The summed E-state index contributed by atoms with van der Waals surface area (Å²) in [5, 5.41) is 3.31. The number of hydrogen-bond acceptors (Lipinski definition) is 2.